The topological polar surface area (TPSA) is 71.1 Å². The Morgan fingerprint density at radius 2 is 1.55 bits per heavy atom. The number of piperidine rings is 1. The number of hydrogen-bond acceptors (Lipinski definition) is 5. The van der Waals surface area contributed by atoms with Crippen molar-refractivity contribution < 1.29 is 19.1 Å². The largest absolute Gasteiger partial charge is 0.494 e. The predicted molar refractivity (Wildman–Crippen MR) is 121 cm³/mol. The smallest absolute Gasteiger partial charge is 0.260 e. The van der Waals surface area contributed by atoms with E-state index in [1.165, 1.54) is 0 Å². The van der Waals surface area contributed by atoms with Crippen LogP contribution in [-0.4, -0.2) is 63.2 Å². The van der Waals surface area contributed by atoms with Crippen molar-refractivity contribution in [2.45, 2.75) is 25.8 Å². The monoisotopic (exact) mass is 425 g/mol. The molecule has 0 unspecified atom stereocenters. The quantitative estimate of drug-likeness (QED) is 0.704. The Morgan fingerprint density at radius 1 is 0.968 bits per heavy atom. The molecule has 0 spiro atoms. The number of carbonyl (C=O) groups excluding carboxylic acids is 2. The molecule has 1 heterocycles. The lowest BCUT2D eigenvalue weighted by molar-refractivity contribution is -0.134. The Labute approximate surface area is 183 Å². The second-order valence-electron chi connectivity index (χ2n) is 7.76. The number of carbonyl (C=O) groups is 2. The third-order valence-electron chi connectivity index (χ3n) is 5.33. The summed E-state index contributed by atoms with van der Waals surface area (Å²) in [7, 11) is 3.93. The Morgan fingerprint density at radius 3 is 2.10 bits per heavy atom. The zero-order valence-corrected chi connectivity index (χ0v) is 18.5. The van der Waals surface area contributed by atoms with Gasteiger partial charge in [0, 0.05) is 44.5 Å². The van der Waals surface area contributed by atoms with E-state index in [-0.39, 0.29) is 24.5 Å². The molecule has 2 amide bonds. The molecule has 1 aliphatic heterocycles. The van der Waals surface area contributed by atoms with Gasteiger partial charge in [0.15, 0.2) is 6.61 Å². The summed E-state index contributed by atoms with van der Waals surface area (Å²) in [4.78, 5) is 28.8. The summed E-state index contributed by atoms with van der Waals surface area (Å²) in [6.07, 6.45) is 1.46. The molecule has 166 valence electrons. The molecule has 0 radical (unpaired) electrons. The molecule has 0 aliphatic carbocycles. The number of rotatable bonds is 8. The molecule has 0 aromatic heterocycles. The average molecular weight is 426 g/mol. The van der Waals surface area contributed by atoms with Crippen molar-refractivity contribution in [3.8, 4) is 11.5 Å². The van der Waals surface area contributed by atoms with Crippen LogP contribution in [0, 0.1) is 0 Å². The first-order chi connectivity index (χ1) is 15.0. The minimum atomic E-state index is -0.0751. The van der Waals surface area contributed by atoms with Crippen molar-refractivity contribution in [1.29, 1.82) is 0 Å². The van der Waals surface area contributed by atoms with Crippen LogP contribution in [0.2, 0.25) is 0 Å². The number of hydrogen-bond donors (Lipinski definition) is 1. The fourth-order valence-corrected chi connectivity index (χ4v) is 3.49. The normalized spacial score (nSPS) is 14.1. The first-order valence-electron chi connectivity index (χ1n) is 10.7. The Bertz CT molecular complexity index is 857. The van der Waals surface area contributed by atoms with Gasteiger partial charge in [0.2, 0.25) is 0 Å². The van der Waals surface area contributed by atoms with Crippen LogP contribution in [0.25, 0.3) is 0 Å². The number of anilines is 1. The SMILES string of the molecule is CCOc1ccc(OCC(=O)N2CCC(NC(=O)c3ccc(N(C)C)cc3)CC2)cc1. The molecule has 1 aliphatic rings. The van der Waals surface area contributed by atoms with Crippen molar-refractivity contribution in [2.75, 3.05) is 45.3 Å². The second kappa shape index (κ2) is 10.7. The van der Waals surface area contributed by atoms with Gasteiger partial charge in [0.1, 0.15) is 11.5 Å². The molecule has 2 aromatic rings. The van der Waals surface area contributed by atoms with Crippen LogP contribution in [0.4, 0.5) is 5.69 Å². The van der Waals surface area contributed by atoms with E-state index in [0.717, 1.165) is 24.3 Å². The third kappa shape index (κ3) is 6.38. The molecule has 7 nitrogen and oxygen atoms in total. The van der Waals surface area contributed by atoms with Crippen molar-refractivity contribution in [1.82, 2.24) is 10.2 Å². The van der Waals surface area contributed by atoms with Gasteiger partial charge in [-0.15, -0.1) is 0 Å². The van der Waals surface area contributed by atoms with Gasteiger partial charge >= 0.3 is 0 Å². The number of ether oxygens (including phenoxy) is 2. The van der Waals surface area contributed by atoms with E-state index in [2.05, 4.69) is 5.32 Å². The Kier molecular flexibility index (Phi) is 7.76. The van der Waals surface area contributed by atoms with Gasteiger partial charge in [-0.3, -0.25) is 9.59 Å². The van der Waals surface area contributed by atoms with Crippen molar-refractivity contribution in [3.05, 3.63) is 54.1 Å². The highest BCUT2D eigenvalue weighted by Gasteiger charge is 2.24. The maximum absolute atomic E-state index is 12.5. The van der Waals surface area contributed by atoms with Crippen LogP contribution in [0.5, 0.6) is 11.5 Å². The summed E-state index contributed by atoms with van der Waals surface area (Å²) < 4.78 is 11.0. The third-order valence-corrected chi connectivity index (χ3v) is 5.33. The van der Waals surface area contributed by atoms with E-state index in [1.54, 1.807) is 17.0 Å². The molecule has 1 saturated heterocycles. The first kappa shape index (κ1) is 22.5. The lowest BCUT2D eigenvalue weighted by Crippen LogP contribution is -2.47. The lowest BCUT2D eigenvalue weighted by Gasteiger charge is -2.32. The molecule has 1 N–H and O–H groups in total. The van der Waals surface area contributed by atoms with Gasteiger partial charge in [-0.05, 0) is 68.3 Å². The number of likely N-dealkylation sites (tertiary alicyclic amines) is 1. The number of nitrogens with zero attached hydrogens (tertiary/aromatic N) is 2. The van der Waals surface area contributed by atoms with Crippen molar-refractivity contribution in [3.63, 3.8) is 0 Å². The highest BCUT2D eigenvalue weighted by Crippen LogP contribution is 2.18. The van der Waals surface area contributed by atoms with Crippen LogP contribution >= 0.6 is 0 Å². The fraction of sp³-hybridized carbons (Fsp3) is 0.417. The minimum Gasteiger partial charge on any atom is -0.494 e. The Balaban J connectivity index is 1.41. The van der Waals surface area contributed by atoms with Gasteiger partial charge in [0.05, 0.1) is 6.61 Å². The molecule has 0 saturated carbocycles. The summed E-state index contributed by atoms with van der Waals surface area (Å²) in [5, 5.41) is 3.08. The maximum atomic E-state index is 12.5. The molecule has 2 aromatic carbocycles. The van der Waals surface area contributed by atoms with Crippen molar-refractivity contribution in [2.24, 2.45) is 0 Å². The van der Waals surface area contributed by atoms with Gasteiger partial charge in [-0.1, -0.05) is 0 Å². The van der Waals surface area contributed by atoms with E-state index >= 15 is 0 Å². The molecule has 3 rings (SSSR count). The van der Waals surface area contributed by atoms with Gasteiger partial charge in [0.25, 0.3) is 11.8 Å². The predicted octanol–water partition coefficient (Wildman–Crippen LogP) is 2.95. The van der Waals surface area contributed by atoms with E-state index in [9.17, 15) is 9.59 Å². The van der Waals surface area contributed by atoms with Crippen LogP contribution < -0.4 is 19.7 Å². The van der Waals surface area contributed by atoms with E-state index in [4.69, 9.17) is 9.47 Å². The number of benzene rings is 2. The highest BCUT2D eigenvalue weighted by molar-refractivity contribution is 5.94. The molecule has 31 heavy (non-hydrogen) atoms. The summed E-state index contributed by atoms with van der Waals surface area (Å²) in [5.41, 5.74) is 1.70. The molecule has 1 fully saturated rings. The minimum absolute atomic E-state index is 0.00321. The van der Waals surface area contributed by atoms with Crippen LogP contribution in [0.15, 0.2) is 48.5 Å². The van der Waals surface area contributed by atoms with E-state index < -0.39 is 0 Å². The maximum Gasteiger partial charge on any atom is 0.260 e. The fourth-order valence-electron chi connectivity index (χ4n) is 3.49. The van der Waals surface area contributed by atoms with Crippen molar-refractivity contribution >= 4 is 17.5 Å². The lowest BCUT2D eigenvalue weighted by atomic mass is 10.0. The van der Waals surface area contributed by atoms with E-state index in [0.29, 0.717) is 31.0 Å². The van der Waals surface area contributed by atoms with Crippen LogP contribution in [0.3, 0.4) is 0 Å². The second-order valence-corrected chi connectivity index (χ2v) is 7.76. The highest BCUT2D eigenvalue weighted by atomic mass is 16.5. The van der Waals surface area contributed by atoms with Gasteiger partial charge in [-0.25, -0.2) is 0 Å². The zero-order valence-electron chi connectivity index (χ0n) is 18.5. The summed E-state index contributed by atoms with van der Waals surface area (Å²) in [6.45, 7) is 3.76. The number of amides is 2. The molecule has 0 bridgehead atoms. The van der Waals surface area contributed by atoms with Crippen LogP contribution in [-0.2, 0) is 4.79 Å². The zero-order chi connectivity index (χ0) is 22.2. The van der Waals surface area contributed by atoms with Crippen LogP contribution in [0.1, 0.15) is 30.1 Å². The standard InChI is InChI=1S/C24H31N3O4/c1-4-30-21-9-11-22(12-10-21)31-17-23(28)27-15-13-19(14-16-27)25-24(29)18-5-7-20(8-6-18)26(2)3/h5-12,19H,4,13-17H2,1-3H3,(H,25,29). The Hall–Kier alpha value is -3.22. The number of nitrogens with one attached hydrogen (secondary N) is 1. The summed E-state index contributed by atoms with van der Waals surface area (Å²) in [6, 6.07) is 14.8. The average Bonchev–Trinajstić information content (AvgIpc) is 2.79. The molecule has 0 atom stereocenters. The van der Waals surface area contributed by atoms with E-state index in [1.807, 2.05) is 62.3 Å². The molecule has 7 heteroatoms. The van der Waals surface area contributed by atoms with Gasteiger partial charge in [-0.2, -0.15) is 0 Å². The molecular weight excluding hydrogens is 394 g/mol. The van der Waals surface area contributed by atoms with Gasteiger partial charge < -0.3 is 24.6 Å². The summed E-state index contributed by atoms with van der Waals surface area (Å²) >= 11 is 0. The molecular formula is C24H31N3O4. The summed E-state index contributed by atoms with van der Waals surface area (Å²) in [5.74, 6) is 1.30. The first-order valence-corrected chi connectivity index (χ1v) is 10.7.